The van der Waals surface area contributed by atoms with Crippen LogP contribution >= 0.6 is 11.6 Å². The highest BCUT2D eigenvalue weighted by atomic mass is 35.5. The van der Waals surface area contributed by atoms with E-state index in [4.69, 9.17) is 16.3 Å². The number of nitrogens with one attached hydrogen (secondary N) is 3. The Morgan fingerprint density at radius 1 is 0.933 bits per heavy atom. The van der Waals surface area contributed by atoms with Crippen molar-refractivity contribution >= 4 is 40.8 Å². The van der Waals surface area contributed by atoms with Gasteiger partial charge < -0.3 is 15.4 Å². The third-order valence-corrected chi connectivity index (χ3v) is 3.72. The van der Waals surface area contributed by atoms with Crippen molar-refractivity contribution in [3.8, 4) is 0 Å². The van der Waals surface area contributed by atoms with Crippen molar-refractivity contribution in [3.05, 3.63) is 52.8 Å². The fraction of sp³-hybridized carbons (Fsp3) is 0.263. The maximum absolute atomic E-state index is 14.0. The fourth-order valence-corrected chi connectivity index (χ4v) is 2.45. The average molecular weight is 448 g/mol. The topological polar surface area (TPSA) is 79.5 Å². The summed E-state index contributed by atoms with van der Waals surface area (Å²) in [4.78, 5) is 23.9. The predicted molar refractivity (Wildman–Crippen MR) is 105 cm³/mol. The van der Waals surface area contributed by atoms with Gasteiger partial charge in [0.2, 0.25) is 0 Å². The van der Waals surface area contributed by atoms with Crippen LogP contribution in [0.25, 0.3) is 0 Å². The smallest absolute Gasteiger partial charge is 0.417 e. The number of benzene rings is 2. The summed E-state index contributed by atoms with van der Waals surface area (Å²) in [6, 6.07) is 5.16. The van der Waals surface area contributed by atoms with Crippen LogP contribution in [0.15, 0.2) is 36.4 Å². The van der Waals surface area contributed by atoms with E-state index in [0.29, 0.717) is 6.07 Å². The van der Waals surface area contributed by atoms with Crippen LogP contribution < -0.4 is 16.0 Å². The molecule has 2 aromatic rings. The Kier molecular flexibility index (Phi) is 6.81. The van der Waals surface area contributed by atoms with Gasteiger partial charge in [-0.05, 0) is 57.2 Å². The van der Waals surface area contributed by atoms with Gasteiger partial charge >= 0.3 is 18.3 Å². The van der Waals surface area contributed by atoms with Crippen molar-refractivity contribution in [1.29, 1.82) is 0 Å². The molecule has 0 aromatic heterocycles. The van der Waals surface area contributed by atoms with Gasteiger partial charge in [-0.15, -0.1) is 0 Å². The molecule has 3 amide bonds. The average Bonchev–Trinajstić information content (AvgIpc) is 2.57. The SMILES string of the molecule is CC(C)(C)OC(=O)Nc1ccc(F)c(NC(=O)Nc2ccc(Cl)c(C(F)(F)F)c2)c1. The van der Waals surface area contributed by atoms with E-state index in [1.165, 1.54) is 6.07 Å². The number of carbonyl (C=O) groups excluding carboxylic acids is 2. The number of anilines is 3. The largest absolute Gasteiger partial charge is 0.444 e. The van der Waals surface area contributed by atoms with Crippen LogP contribution in [0.1, 0.15) is 26.3 Å². The monoisotopic (exact) mass is 447 g/mol. The molecule has 0 unspecified atom stereocenters. The summed E-state index contributed by atoms with van der Waals surface area (Å²) in [5.41, 5.74) is -2.26. The van der Waals surface area contributed by atoms with Crippen LogP contribution in [0.2, 0.25) is 5.02 Å². The molecule has 3 N–H and O–H groups in total. The van der Waals surface area contributed by atoms with Crippen molar-refractivity contribution in [3.63, 3.8) is 0 Å². The van der Waals surface area contributed by atoms with Gasteiger partial charge in [-0.2, -0.15) is 13.2 Å². The van der Waals surface area contributed by atoms with E-state index in [-0.39, 0.29) is 17.1 Å². The minimum atomic E-state index is -4.71. The van der Waals surface area contributed by atoms with Crippen LogP contribution in [-0.2, 0) is 10.9 Å². The third kappa shape index (κ3) is 6.80. The van der Waals surface area contributed by atoms with Gasteiger partial charge in [0, 0.05) is 11.4 Å². The van der Waals surface area contributed by atoms with E-state index >= 15 is 0 Å². The van der Waals surface area contributed by atoms with Crippen LogP contribution in [0, 0.1) is 5.82 Å². The molecule has 6 nitrogen and oxygen atoms in total. The molecule has 0 aliphatic carbocycles. The highest BCUT2D eigenvalue weighted by molar-refractivity contribution is 6.31. The zero-order chi connectivity index (χ0) is 22.7. The molecule has 11 heteroatoms. The van der Waals surface area contributed by atoms with Crippen molar-refractivity contribution in [2.24, 2.45) is 0 Å². The summed E-state index contributed by atoms with van der Waals surface area (Å²) in [7, 11) is 0. The summed E-state index contributed by atoms with van der Waals surface area (Å²) in [5.74, 6) is -0.827. The molecule has 0 aliphatic heterocycles. The molecule has 0 saturated heterocycles. The van der Waals surface area contributed by atoms with Crippen LogP contribution in [0.4, 0.5) is 44.2 Å². The summed E-state index contributed by atoms with van der Waals surface area (Å²) < 4.78 is 57.8. The first-order valence-corrected chi connectivity index (χ1v) is 8.87. The molecule has 2 rings (SSSR count). The Balaban J connectivity index is 2.11. The quantitative estimate of drug-likeness (QED) is 0.470. The molecule has 0 heterocycles. The molecule has 0 fully saturated rings. The number of rotatable bonds is 3. The van der Waals surface area contributed by atoms with Gasteiger partial charge in [0.25, 0.3) is 0 Å². The van der Waals surface area contributed by atoms with Gasteiger partial charge in [0.05, 0.1) is 16.3 Å². The Labute approximate surface area is 174 Å². The van der Waals surface area contributed by atoms with E-state index in [9.17, 15) is 27.2 Å². The maximum Gasteiger partial charge on any atom is 0.417 e. The molecule has 0 radical (unpaired) electrons. The van der Waals surface area contributed by atoms with Gasteiger partial charge in [-0.25, -0.2) is 14.0 Å². The van der Waals surface area contributed by atoms with E-state index in [1.807, 2.05) is 0 Å². The fourth-order valence-electron chi connectivity index (χ4n) is 2.23. The lowest BCUT2D eigenvalue weighted by molar-refractivity contribution is -0.137. The number of urea groups is 1. The lowest BCUT2D eigenvalue weighted by Crippen LogP contribution is -2.27. The summed E-state index contributed by atoms with van der Waals surface area (Å²) in [5, 5.41) is 6.18. The first-order valence-electron chi connectivity index (χ1n) is 8.49. The Morgan fingerprint density at radius 3 is 2.13 bits per heavy atom. The van der Waals surface area contributed by atoms with Gasteiger partial charge in [0.15, 0.2) is 0 Å². The molecule has 162 valence electrons. The number of hydrogen-bond donors (Lipinski definition) is 3. The zero-order valence-electron chi connectivity index (χ0n) is 16.1. The first kappa shape index (κ1) is 23.3. The van der Waals surface area contributed by atoms with E-state index in [1.54, 1.807) is 20.8 Å². The molecule has 2 aromatic carbocycles. The molecule has 0 atom stereocenters. The number of ether oxygens (including phenoxy) is 1. The molecule has 0 aliphatic rings. The highest BCUT2D eigenvalue weighted by Crippen LogP contribution is 2.36. The molecule has 0 bridgehead atoms. The molecule has 0 saturated carbocycles. The minimum Gasteiger partial charge on any atom is -0.444 e. The van der Waals surface area contributed by atoms with Crippen molar-refractivity contribution in [2.45, 2.75) is 32.5 Å². The standard InChI is InChI=1S/C19H18ClF4N3O3/c1-18(2,3)30-17(29)26-11-5-7-14(21)15(9-11)27-16(28)25-10-4-6-13(20)12(8-10)19(22,23)24/h4-9H,1-3H3,(H,26,29)(H2,25,27,28). The second kappa shape index (κ2) is 8.78. The summed E-state index contributed by atoms with van der Waals surface area (Å²) in [6.45, 7) is 4.99. The Hall–Kier alpha value is -3.01. The van der Waals surface area contributed by atoms with E-state index in [0.717, 1.165) is 24.3 Å². The number of alkyl halides is 3. The number of carbonyl (C=O) groups is 2. The molecular weight excluding hydrogens is 430 g/mol. The molecule has 30 heavy (non-hydrogen) atoms. The number of amides is 3. The Morgan fingerprint density at radius 2 is 1.53 bits per heavy atom. The van der Waals surface area contributed by atoms with E-state index in [2.05, 4.69) is 16.0 Å². The summed E-state index contributed by atoms with van der Waals surface area (Å²) >= 11 is 5.52. The zero-order valence-corrected chi connectivity index (χ0v) is 16.8. The van der Waals surface area contributed by atoms with Crippen LogP contribution in [0.5, 0.6) is 0 Å². The highest BCUT2D eigenvalue weighted by Gasteiger charge is 2.33. The molecular formula is C19H18ClF4N3O3. The lowest BCUT2D eigenvalue weighted by atomic mass is 10.2. The summed E-state index contributed by atoms with van der Waals surface area (Å²) in [6.07, 6.45) is -5.50. The van der Waals surface area contributed by atoms with Gasteiger partial charge in [-0.3, -0.25) is 5.32 Å². The number of halogens is 5. The van der Waals surface area contributed by atoms with Crippen LogP contribution in [-0.4, -0.2) is 17.7 Å². The Bertz CT molecular complexity index is 959. The number of hydrogen-bond acceptors (Lipinski definition) is 3. The van der Waals surface area contributed by atoms with Crippen LogP contribution in [0.3, 0.4) is 0 Å². The second-order valence-electron chi connectivity index (χ2n) is 7.09. The van der Waals surface area contributed by atoms with Crippen molar-refractivity contribution < 1.29 is 31.9 Å². The van der Waals surface area contributed by atoms with Crippen molar-refractivity contribution in [2.75, 3.05) is 16.0 Å². The van der Waals surface area contributed by atoms with Gasteiger partial charge in [0.1, 0.15) is 11.4 Å². The van der Waals surface area contributed by atoms with Gasteiger partial charge in [-0.1, -0.05) is 11.6 Å². The third-order valence-electron chi connectivity index (χ3n) is 3.39. The minimum absolute atomic E-state index is 0.131. The van der Waals surface area contributed by atoms with Crippen molar-refractivity contribution in [1.82, 2.24) is 0 Å². The maximum atomic E-state index is 14.0. The second-order valence-corrected chi connectivity index (χ2v) is 7.50. The lowest BCUT2D eigenvalue weighted by Gasteiger charge is -2.20. The predicted octanol–water partition coefficient (Wildman–Crippen LogP) is 6.49. The molecule has 0 spiro atoms. The first-order chi connectivity index (χ1) is 13.7. The van der Waals surface area contributed by atoms with E-state index < -0.39 is 40.3 Å². The normalized spacial score (nSPS) is 11.6.